The third-order valence-electron chi connectivity index (χ3n) is 2.16. The maximum Gasteiger partial charge on any atom is 0.151 e. The fourth-order valence-electron chi connectivity index (χ4n) is 1.41. The standard InChI is InChI=1S/C12H13NOS2/c1-2-5-9(14)8-15-12-13-10-6-3-4-7-11(10)16-12/h3-4,6-7H,2,5,8H2,1H3. The van der Waals surface area contributed by atoms with Crippen molar-refractivity contribution in [1.29, 1.82) is 0 Å². The lowest BCUT2D eigenvalue weighted by molar-refractivity contribution is -0.116. The zero-order valence-corrected chi connectivity index (χ0v) is 10.7. The molecule has 2 nitrogen and oxygen atoms in total. The molecule has 0 bridgehead atoms. The number of hydrogen-bond acceptors (Lipinski definition) is 4. The minimum Gasteiger partial charge on any atom is -0.299 e. The van der Waals surface area contributed by atoms with Crippen molar-refractivity contribution in [3.63, 3.8) is 0 Å². The minimum absolute atomic E-state index is 0.312. The number of para-hydroxylation sites is 1. The van der Waals surface area contributed by atoms with E-state index in [1.807, 2.05) is 25.1 Å². The predicted molar refractivity (Wildman–Crippen MR) is 70.3 cm³/mol. The topological polar surface area (TPSA) is 30.0 Å². The lowest BCUT2D eigenvalue weighted by atomic mass is 10.3. The van der Waals surface area contributed by atoms with Crippen molar-refractivity contribution in [2.75, 3.05) is 5.75 Å². The Labute approximate surface area is 103 Å². The molecule has 1 aromatic heterocycles. The van der Waals surface area contributed by atoms with Gasteiger partial charge >= 0.3 is 0 Å². The molecule has 0 spiro atoms. The summed E-state index contributed by atoms with van der Waals surface area (Å²) < 4.78 is 2.18. The molecular weight excluding hydrogens is 238 g/mol. The molecule has 0 N–H and O–H groups in total. The van der Waals surface area contributed by atoms with Gasteiger partial charge in [-0.05, 0) is 18.6 Å². The molecule has 2 aromatic rings. The average Bonchev–Trinajstić information content (AvgIpc) is 2.69. The molecule has 4 heteroatoms. The SMILES string of the molecule is CCCC(=O)CSc1nc2ccccc2s1. The van der Waals surface area contributed by atoms with Crippen molar-refractivity contribution in [3.05, 3.63) is 24.3 Å². The van der Waals surface area contributed by atoms with Gasteiger partial charge in [-0.25, -0.2) is 4.98 Å². The molecule has 0 saturated carbocycles. The molecule has 1 aromatic carbocycles. The normalized spacial score (nSPS) is 10.8. The summed E-state index contributed by atoms with van der Waals surface area (Å²) in [5.74, 6) is 0.861. The van der Waals surface area contributed by atoms with Crippen LogP contribution in [-0.2, 0) is 4.79 Å². The van der Waals surface area contributed by atoms with Gasteiger partial charge in [-0.2, -0.15) is 0 Å². The highest BCUT2D eigenvalue weighted by Gasteiger charge is 2.06. The summed E-state index contributed by atoms with van der Waals surface area (Å²) >= 11 is 3.21. The molecule has 0 radical (unpaired) electrons. The van der Waals surface area contributed by atoms with E-state index in [2.05, 4.69) is 11.1 Å². The van der Waals surface area contributed by atoms with E-state index in [4.69, 9.17) is 0 Å². The van der Waals surface area contributed by atoms with Crippen molar-refractivity contribution in [3.8, 4) is 0 Å². The Hall–Kier alpha value is -0.870. The van der Waals surface area contributed by atoms with Crippen LogP contribution in [0.15, 0.2) is 28.6 Å². The van der Waals surface area contributed by atoms with E-state index < -0.39 is 0 Å². The van der Waals surface area contributed by atoms with Gasteiger partial charge in [0.05, 0.1) is 16.0 Å². The number of ketones is 1. The van der Waals surface area contributed by atoms with Gasteiger partial charge in [-0.1, -0.05) is 30.8 Å². The Bertz CT molecular complexity index is 459. The molecular formula is C12H13NOS2. The highest BCUT2D eigenvalue weighted by molar-refractivity contribution is 8.01. The third kappa shape index (κ3) is 2.83. The quantitative estimate of drug-likeness (QED) is 0.758. The number of fused-ring (bicyclic) bond motifs is 1. The summed E-state index contributed by atoms with van der Waals surface area (Å²) in [5.41, 5.74) is 1.03. The van der Waals surface area contributed by atoms with E-state index in [1.165, 1.54) is 4.70 Å². The molecule has 1 heterocycles. The minimum atomic E-state index is 0.312. The zero-order valence-electron chi connectivity index (χ0n) is 9.10. The van der Waals surface area contributed by atoms with Crippen LogP contribution in [-0.4, -0.2) is 16.5 Å². The highest BCUT2D eigenvalue weighted by atomic mass is 32.2. The Kier molecular flexibility index (Phi) is 3.96. The number of thiazole rings is 1. The van der Waals surface area contributed by atoms with Crippen LogP contribution in [0, 0.1) is 0 Å². The smallest absolute Gasteiger partial charge is 0.151 e. The largest absolute Gasteiger partial charge is 0.299 e. The van der Waals surface area contributed by atoms with Gasteiger partial charge in [-0.3, -0.25) is 4.79 Å². The molecule has 0 aliphatic heterocycles. The monoisotopic (exact) mass is 251 g/mol. The van der Waals surface area contributed by atoms with Crippen molar-refractivity contribution in [2.24, 2.45) is 0 Å². The molecule has 84 valence electrons. The second kappa shape index (κ2) is 5.46. The summed E-state index contributed by atoms with van der Waals surface area (Å²) in [7, 11) is 0. The van der Waals surface area contributed by atoms with Crippen LogP contribution >= 0.6 is 23.1 Å². The number of aromatic nitrogens is 1. The fourth-order valence-corrected chi connectivity index (χ4v) is 3.38. The van der Waals surface area contributed by atoms with Crippen molar-refractivity contribution in [2.45, 2.75) is 24.1 Å². The summed E-state index contributed by atoms with van der Waals surface area (Å²) in [6.45, 7) is 2.03. The second-order valence-electron chi connectivity index (χ2n) is 3.52. The molecule has 0 unspecified atom stereocenters. The molecule has 0 saturated heterocycles. The van der Waals surface area contributed by atoms with Gasteiger partial charge in [0.1, 0.15) is 5.78 Å². The molecule has 16 heavy (non-hydrogen) atoms. The third-order valence-corrected chi connectivity index (χ3v) is 4.40. The first-order valence-electron chi connectivity index (χ1n) is 5.29. The Morgan fingerprint density at radius 3 is 3.00 bits per heavy atom. The van der Waals surface area contributed by atoms with Crippen LogP contribution in [0.25, 0.3) is 10.2 Å². The summed E-state index contributed by atoms with van der Waals surface area (Å²) in [6, 6.07) is 8.06. The van der Waals surface area contributed by atoms with E-state index in [9.17, 15) is 4.79 Å². The second-order valence-corrected chi connectivity index (χ2v) is 5.78. The Morgan fingerprint density at radius 2 is 2.25 bits per heavy atom. The molecule has 0 aliphatic rings. The number of thioether (sulfide) groups is 1. The van der Waals surface area contributed by atoms with Crippen LogP contribution in [0.3, 0.4) is 0 Å². The number of hydrogen-bond donors (Lipinski definition) is 0. The van der Waals surface area contributed by atoms with Crippen molar-refractivity contribution in [1.82, 2.24) is 4.98 Å². The lowest BCUT2D eigenvalue weighted by Crippen LogP contribution is -1.99. The van der Waals surface area contributed by atoms with Gasteiger partial charge in [-0.15, -0.1) is 11.3 Å². The molecule has 0 atom stereocenters. The zero-order chi connectivity index (χ0) is 11.4. The average molecular weight is 251 g/mol. The fraction of sp³-hybridized carbons (Fsp3) is 0.333. The van der Waals surface area contributed by atoms with Gasteiger partial charge in [0, 0.05) is 6.42 Å². The predicted octanol–water partition coefficient (Wildman–Crippen LogP) is 3.76. The molecule has 2 rings (SSSR count). The molecule has 0 amide bonds. The first kappa shape index (κ1) is 11.6. The van der Waals surface area contributed by atoms with E-state index >= 15 is 0 Å². The number of Topliss-reactive ketones (excluding diaryl/α,β-unsaturated/α-hetero) is 1. The summed E-state index contributed by atoms with van der Waals surface area (Å²) in [5, 5.41) is 0. The number of carbonyl (C=O) groups is 1. The summed E-state index contributed by atoms with van der Waals surface area (Å²) in [6.07, 6.45) is 1.61. The van der Waals surface area contributed by atoms with Gasteiger partial charge in [0.25, 0.3) is 0 Å². The van der Waals surface area contributed by atoms with Crippen LogP contribution in [0.1, 0.15) is 19.8 Å². The van der Waals surface area contributed by atoms with Crippen LogP contribution in [0.2, 0.25) is 0 Å². The van der Waals surface area contributed by atoms with Crippen LogP contribution in [0.5, 0.6) is 0 Å². The van der Waals surface area contributed by atoms with E-state index in [-0.39, 0.29) is 0 Å². The van der Waals surface area contributed by atoms with Crippen LogP contribution in [0.4, 0.5) is 0 Å². The first-order chi connectivity index (χ1) is 7.79. The van der Waals surface area contributed by atoms with E-state index in [0.29, 0.717) is 18.0 Å². The van der Waals surface area contributed by atoms with E-state index in [1.54, 1.807) is 23.1 Å². The van der Waals surface area contributed by atoms with E-state index in [0.717, 1.165) is 16.3 Å². The molecule has 0 aliphatic carbocycles. The molecule has 0 fully saturated rings. The first-order valence-corrected chi connectivity index (χ1v) is 7.10. The number of benzene rings is 1. The highest BCUT2D eigenvalue weighted by Crippen LogP contribution is 2.29. The van der Waals surface area contributed by atoms with Gasteiger partial charge in [0.2, 0.25) is 0 Å². The maximum absolute atomic E-state index is 11.4. The van der Waals surface area contributed by atoms with Crippen LogP contribution < -0.4 is 0 Å². The van der Waals surface area contributed by atoms with Crippen molar-refractivity contribution < 1.29 is 4.79 Å². The summed E-state index contributed by atoms with van der Waals surface area (Å²) in [4.78, 5) is 15.9. The lowest BCUT2D eigenvalue weighted by Gasteiger charge is -1.95. The Morgan fingerprint density at radius 1 is 1.44 bits per heavy atom. The maximum atomic E-state index is 11.4. The number of carbonyl (C=O) groups excluding carboxylic acids is 1. The van der Waals surface area contributed by atoms with Gasteiger partial charge in [0.15, 0.2) is 4.34 Å². The number of rotatable bonds is 5. The van der Waals surface area contributed by atoms with Crippen molar-refractivity contribution >= 4 is 39.1 Å². The Balaban J connectivity index is 2.02. The number of nitrogens with zero attached hydrogens (tertiary/aromatic N) is 1. The van der Waals surface area contributed by atoms with Gasteiger partial charge < -0.3 is 0 Å².